The third-order valence-corrected chi connectivity index (χ3v) is 5.60. The van der Waals surface area contributed by atoms with Crippen LogP contribution in [0.2, 0.25) is 5.02 Å². The molecule has 0 aliphatic carbocycles. The van der Waals surface area contributed by atoms with Crippen molar-refractivity contribution in [3.63, 3.8) is 0 Å². The summed E-state index contributed by atoms with van der Waals surface area (Å²) < 4.78 is 0. The number of carbonyl (C=O) groups excluding carboxylic acids is 2. The number of nitrogens with one attached hydrogen (secondary N) is 3. The maximum absolute atomic E-state index is 12.6. The second-order valence-electron chi connectivity index (χ2n) is 7.99. The van der Waals surface area contributed by atoms with Gasteiger partial charge in [0.05, 0.1) is 10.6 Å². The normalized spacial score (nSPS) is 11.4. The Labute approximate surface area is 208 Å². The van der Waals surface area contributed by atoms with Crippen molar-refractivity contribution >= 4 is 40.9 Å². The summed E-state index contributed by atoms with van der Waals surface area (Å²) in [5.74, 6) is -1.05. The van der Waals surface area contributed by atoms with E-state index in [2.05, 4.69) is 20.9 Å². The Morgan fingerprint density at radius 3 is 2.46 bits per heavy atom. The molecule has 9 heteroatoms. The highest BCUT2D eigenvalue weighted by Gasteiger charge is 2.23. The molecule has 0 saturated carbocycles. The first-order valence-corrected chi connectivity index (χ1v) is 11.5. The van der Waals surface area contributed by atoms with E-state index in [4.69, 9.17) is 11.6 Å². The molecule has 1 heterocycles. The molecule has 2 aromatic carbocycles. The molecule has 2 amide bonds. The number of rotatable bonds is 11. The molecule has 35 heavy (non-hydrogen) atoms. The minimum absolute atomic E-state index is 0.0813. The first-order valence-electron chi connectivity index (χ1n) is 11.2. The maximum Gasteiger partial charge on any atom is 0.326 e. The summed E-state index contributed by atoms with van der Waals surface area (Å²) in [5, 5.41) is 18.4. The van der Waals surface area contributed by atoms with Crippen LogP contribution in [-0.4, -0.2) is 40.5 Å². The number of amides is 2. The number of aliphatic carboxylic acids is 1. The molecule has 1 atom stereocenters. The van der Waals surface area contributed by atoms with Crippen molar-refractivity contribution in [2.45, 2.75) is 32.2 Å². The number of anilines is 2. The lowest BCUT2D eigenvalue weighted by Gasteiger charge is -2.16. The fourth-order valence-corrected chi connectivity index (χ4v) is 3.77. The number of benzene rings is 2. The van der Waals surface area contributed by atoms with Gasteiger partial charge in [0.15, 0.2) is 0 Å². The molecule has 0 aliphatic rings. The van der Waals surface area contributed by atoms with Crippen LogP contribution in [0.4, 0.5) is 11.5 Å². The summed E-state index contributed by atoms with van der Waals surface area (Å²) in [4.78, 5) is 40.8. The summed E-state index contributed by atoms with van der Waals surface area (Å²) in [6, 6.07) is 16.4. The average Bonchev–Trinajstić information content (AvgIpc) is 2.83. The Morgan fingerprint density at radius 2 is 1.80 bits per heavy atom. The summed E-state index contributed by atoms with van der Waals surface area (Å²) in [5.41, 5.74) is 2.23. The van der Waals surface area contributed by atoms with Gasteiger partial charge in [-0.1, -0.05) is 41.9 Å². The summed E-state index contributed by atoms with van der Waals surface area (Å²) in [6.07, 6.45) is 2.77. The van der Waals surface area contributed by atoms with Gasteiger partial charge in [-0.2, -0.15) is 0 Å². The number of nitrogens with zero attached hydrogens (tertiary/aromatic N) is 1. The van der Waals surface area contributed by atoms with E-state index in [9.17, 15) is 19.5 Å². The smallest absolute Gasteiger partial charge is 0.326 e. The SMILES string of the molecule is Cc1cccc(Cl)c1C(=O)N[C@@H](Cc1ccc(NC(=O)CCCNc2ccccn2)cc1)C(=O)O. The lowest BCUT2D eigenvalue weighted by atomic mass is 10.0. The van der Waals surface area contributed by atoms with Crippen LogP contribution in [0.25, 0.3) is 0 Å². The number of aromatic nitrogens is 1. The van der Waals surface area contributed by atoms with Crippen molar-refractivity contribution in [2.75, 3.05) is 17.2 Å². The standard InChI is InChI=1S/C26H27ClN4O4/c1-17-6-4-7-20(27)24(17)25(33)31-21(26(34)35)16-18-10-12-19(13-11-18)30-23(32)9-5-15-29-22-8-2-3-14-28-22/h2-4,6-8,10-14,21H,5,9,15-16H2,1H3,(H,28,29)(H,30,32)(H,31,33)(H,34,35)/t21-/m0/s1. The van der Waals surface area contributed by atoms with Crippen LogP contribution >= 0.6 is 11.6 Å². The lowest BCUT2D eigenvalue weighted by molar-refractivity contribution is -0.139. The molecule has 0 fully saturated rings. The molecule has 182 valence electrons. The Kier molecular flexibility index (Phi) is 9.20. The molecule has 1 aromatic heterocycles. The maximum atomic E-state index is 12.6. The van der Waals surface area contributed by atoms with Gasteiger partial charge in [-0.3, -0.25) is 9.59 Å². The second kappa shape index (κ2) is 12.5. The van der Waals surface area contributed by atoms with E-state index in [1.807, 2.05) is 18.2 Å². The number of hydrogen-bond acceptors (Lipinski definition) is 5. The molecule has 0 saturated heterocycles. The zero-order valence-electron chi connectivity index (χ0n) is 19.3. The van der Waals surface area contributed by atoms with Crippen LogP contribution in [0.3, 0.4) is 0 Å². The van der Waals surface area contributed by atoms with Crippen LogP contribution < -0.4 is 16.0 Å². The molecule has 0 unspecified atom stereocenters. The molecule has 8 nitrogen and oxygen atoms in total. The summed E-state index contributed by atoms with van der Waals surface area (Å²) >= 11 is 6.13. The first kappa shape index (κ1) is 25.7. The zero-order chi connectivity index (χ0) is 25.2. The molecule has 4 N–H and O–H groups in total. The van der Waals surface area contributed by atoms with E-state index in [0.717, 1.165) is 5.82 Å². The highest BCUT2D eigenvalue weighted by atomic mass is 35.5. The van der Waals surface area contributed by atoms with Gasteiger partial charge in [-0.15, -0.1) is 0 Å². The van der Waals surface area contributed by atoms with E-state index in [0.29, 0.717) is 36.2 Å². The van der Waals surface area contributed by atoms with Gasteiger partial charge in [0.25, 0.3) is 5.91 Å². The minimum atomic E-state index is -1.15. The van der Waals surface area contributed by atoms with Gasteiger partial charge >= 0.3 is 5.97 Å². The van der Waals surface area contributed by atoms with Crippen molar-refractivity contribution in [1.29, 1.82) is 0 Å². The second-order valence-corrected chi connectivity index (χ2v) is 8.40. The predicted molar refractivity (Wildman–Crippen MR) is 136 cm³/mol. The highest BCUT2D eigenvalue weighted by Crippen LogP contribution is 2.20. The average molecular weight is 495 g/mol. The van der Waals surface area contributed by atoms with Gasteiger partial charge in [0.1, 0.15) is 11.9 Å². The van der Waals surface area contributed by atoms with Gasteiger partial charge in [-0.05, 0) is 54.8 Å². The molecule has 0 aliphatic heterocycles. The van der Waals surface area contributed by atoms with E-state index >= 15 is 0 Å². The van der Waals surface area contributed by atoms with Crippen LogP contribution in [0.5, 0.6) is 0 Å². The predicted octanol–water partition coefficient (Wildman–Crippen LogP) is 4.30. The fraction of sp³-hybridized carbons (Fsp3) is 0.231. The monoisotopic (exact) mass is 494 g/mol. The molecule has 0 radical (unpaired) electrons. The van der Waals surface area contributed by atoms with Gasteiger partial charge in [0, 0.05) is 31.3 Å². The van der Waals surface area contributed by atoms with Crippen molar-refractivity contribution in [1.82, 2.24) is 10.3 Å². The highest BCUT2D eigenvalue weighted by molar-refractivity contribution is 6.34. The van der Waals surface area contributed by atoms with E-state index in [1.165, 1.54) is 0 Å². The molecule has 3 rings (SSSR count). The van der Waals surface area contributed by atoms with Crippen LogP contribution in [0, 0.1) is 6.92 Å². The van der Waals surface area contributed by atoms with E-state index in [1.54, 1.807) is 55.6 Å². The zero-order valence-corrected chi connectivity index (χ0v) is 20.0. The third kappa shape index (κ3) is 7.82. The van der Waals surface area contributed by atoms with Crippen LogP contribution in [0.15, 0.2) is 66.9 Å². The molecule has 0 bridgehead atoms. The lowest BCUT2D eigenvalue weighted by Crippen LogP contribution is -2.42. The van der Waals surface area contributed by atoms with E-state index < -0.39 is 17.9 Å². The number of pyridine rings is 1. The molecular formula is C26H27ClN4O4. The fourth-order valence-electron chi connectivity index (χ4n) is 3.47. The Morgan fingerprint density at radius 1 is 1.03 bits per heavy atom. The summed E-state index contributed by atoms with van der Waals surface area (Å²) in [6.45, 7) is 2.36. The van der Waals surface area contributed by atoms with Crippen molar-refractivity contribution < 1.29 is 19.5 Å². The molecular weight excluding hydrogens is 468 g/mol. The van der Waals surface area contributed by atoms with Crippen LogP contribution in [-0.2, 0) is 16.0 Å². The largest absolute Gasteiger partial charge is 0.480 e. The Balaban J connectivity index is 1.49. The molecule has 3 aromatic rings. The van der Waals surface area contributed by atoms with Crippen LogP contribution in [0.1, 0.15) is 34.3 Å². The number of halogens is 1. The number of hydrogen-bond donors (Lipinski definition) is 4. The summed E-state index contributed by atoms with van der Waals surface area (Å²) in [7, 11) is 0. The first-order chi connectivity index (χ1) is 16.8. The third-order valence-electron chi connectivity index (χ3n) is 5.28. The number of carboxylic acid groups (broad SMARTS) is 1. The Hall–Kier alpha value is -3.91. The number of aryl methyl sites for hydroxylation is 1. The Bertz CT molecular complexity index is 1150. The van der Waals surface area contributed by atoms with Crippen molar-refractivity contribution in [3.05, 3.63) is 88.6 Å². The topological polar surface area (TPSA) is 120 Å². The van der Waals surface area contributed by atoms with Gasteiger partial charge < -0.3 is 21.1 Å². The van der Waals surface area contributed by atoms with Crippen molar-refractivity contribution in [3.8, 4) is 0 Å². The molecule has 0 spiro atoms. The van der Waals surface area contributed by atoms with Gasteiger partial charge in [0.2, 0.25) is 5.91 Å². The minimum Gasteiger partial charge on any atom is -0.480 e. The van der Waals surface area contributed by atoms with Crippen molar-refractivity contribution in [2.24, 2.45) is 0 Å². The number of carbonyl (C=O) groups is 3. The van der Waals surface area contributed by atoms with Gasteiger partial charge in [-0.25, -0.2) is 9.78 Å². The number of carboxylic acids is 1. The van der Waals surface area contributed by atoms with E-state index in [-0.39, 0.29) is 22.9 Å². The quantitative estimate of drug-likeness (QED) is 0.295.